The van der Waals surface area contributed by atoms with Gasteiger partial charge in [0.2, 0.25) is 17.0 Å². The van der Waals surface area contributed by atoms with Crippen molar-refractivity contribution in [2.24, 2.45) is 0 Å². The van der Waals surface area contributed by atoms with Gasteiger partial charge in [0.05, 0.1) is 11.4 Å². The fourth-order valence-electron chi connectivity index (χ4n) is 2.69. The van der Waals surface area contributed by atoms with Gasteiger partial charge in [0.1, 0.15) is 5.25 Å². The summed E-state index contributed by atoms with van der Waals surface area (Å²) >= 11 is 7.15. The summed E-state index contributed by atoms with van der Waals surface area (Å²) in [6, 6.07) is 16.0. The van der Waals surface area contributed by atoms with Crippen LogP contribution in [0.2, 0.25) is 5.02 Å². The van der Waals surface area contributed by atoms with E-state index in [1.165, 1.54) is 16.7 Å². The highest BCUT2D eigenvalue weighted by molar-refractivity contribution is 8.00. The van der Waals surface area contributed by atoms with Crippen LogP contribution in [0.4, 0.5) is 5.69 Å². The van der Waals surface area contributed by atoms with E-state index < -0.39 is 5.25 Å². The molecule has 1 aromatic heterocycles. The molecule has 2 aromatic carbocycles. The van der Waals surface area contributed by atoms with Crippen LogP contribution in [0, 0.1) is 0 Å². The van der Waals surface area contributed by atoms with Gasteiger partial charge in [-0.2, -0.15) is 4.68 Å². The van der Waals surface area contributed by atoms with Crippen molar-refractivity contribution in [3.63, 3.8) is 0 Å². The van der Waals surface area contributed by atoms with Crippen molar-refractivity contribution >= 4 is 40.9 Å². The van der Waals surface area contributed by atoms with Crippen molar-refractivity contribution in [1.82, 2.24) is 20.2 Å². The van der Waals surface area contributed by atoms with Gasteiger partial charge >= 0.3 is 0 Å². The first-order chi connectivity index (χ1) is 12.6. The van der Waals surface area contributed by atoms with E-state index in [-0.39, 0.29) is 18.2 Å². The van der Waals surface area contributed by atoms with Gasteiger partial charge in [0.15, 0.2) is 0 Å². The standard InChI is InChI=1S/C17H12ClN5O2S/c18-11-5-4-8-13(9-11)22-15(24)10-14(16(22)25)26-17-19-20-21-23(17)12-6-2-1-3-7-12/h1-9,14H,10H2/t14-/m0/s1. The van der Waals surface area contributed by atoms with E-state index >= 15 is 0 Å². The second-order valence-corrected chi connectivity index (χ2v) is 7.17. The number of thioether (sulfide) groups is 1. The van der Waals surface area contributed by atoms with Crippen molar-refractivity contribution < 1.29 is 9.59 Å². The third-order valence-electron chi connectivity index (χ3n) is 3.86. The minimum atomic E-state index is -0.588. The largest absolute Gasteiger partial charge is 0.274 e. The second-order valence-electron chi connectivity index (χ2n) is 5.57. The average molecular weight is 386 g/mol. The molecule has 7 nitrogen and oxygen atoms in total. The Bertz CT molecular complexity index is 978. The normalized spacial score (nSPS) is 17.1. The highest BCUT2D eigenvalue weighted by atomic mass is 35.5. The van der Waals surface area contributed by atoms with E-state index in [9.17, 15) is 9.59 Å². The van der Waals surface area contributed by atoms with Crippen LogP contribution in [-0.2, 0) is 9.59 Å². The number of para-hydroxylation sites is 1. The third kappa shape index (κ3) is 3.09. The molecule has 1 atom stereocenters. The van der Waals surface area contributed by atoms with Crippen LogP contribution in [0.5, 0.6) is 0 Å². The number of hydrogen-bond acceptors (Lipinski definition) is 6. The van der Waals surface area contributed by atoms with Crippen LogP contribution in [0.3, 0.4) is 0 Å². The molecule has 130 valence electrons. The minimum Gasteiger partial charge on any atom is -0.274 e. The maximum atomic E-state index is 12.8. The fourth-order valence-corrected chi connectivity index (χ4v) is 3.89. The van der Waals surface area contributed by atoms with Crippen molar-refractivity contribution in [1.29, 1.82) is 0 Å². The molecule has 0 aliphatic carbocycles. The number of anilines is 1. The van der Waals surface area contributed by atoms with Gasteiger partial charge in [-0.1, -0.05) is 47.6 Å². The number of carbonyl (C=O) groups excluding carboxylic acids is 2. The molecule has 9 heteroatoms. The predicted octanol–water partition coefficient (Wildman–Crippen LogP) is 2.74. The van der Waals surface area contributed by atoms with Gasteiger partial charge in [-0.05, 0) is 40.8 Å². The lowest BCUT2D eigenvalue weighted by atomic mass is 10.3. The molecule has 0 spiro atoms. The average Bonchev–Trinajstić information content (AvgIpc) is 3.20. The summed E-state index contributed by atoms with van der Waals surface area (Å²) in [7, 11) is 0. The van der Waals surface area contributed by atoms with Gasteiger partial charge in [0, 0.05) is 11.4 Å². The van der Waals surface area contributed by atoms with Crippen LogP contribution >= 0.6 is 23.4 Å². The van der Waals surface area contributed by atoms with Gasteiger partial charge in [-0.3, -0.25) is 9.59 Å². The highest BCUT2D eigenvalue weighted by Gasteiger charge is 2.41. The molecule has 0 unspecified atom stereocenters. The van der Waals surface area contributed by atoms with Crippen LogP contribution in [-0.4, -0.2) is 37.3 Å². The molecule has 0 bridgehead atoms. The molecular weight excluding hydrogens is 374 g/mol. The van der Waals surface area contributed by atoms with Crippen molar-refractivity contribution in [2.45, 2.75) is 16.8 Å². The van der Waals surface area contributed by atoms with Crippen molar-refractivity contribution in [2.75, 3.05) is 4.90 Å². The van der Waals surface area contributed by atoms with Gasteiger partial charge in [-0.15, -0.1) is 5.10 Å². The molecule has 2 amide bonds. The summed E-state index contributed by atoms with van der Waals surface area (Å²) in [6.07, 6.45) is 0.0810. The van der Waals surface area contributed by atoms with E-state index in [1.807, 2.05) is 30.3 Å². The Kier molecular flexibility index (Phi) is 4.44. The lowest BCUT2D eigenvalue weighted by Crippen LogP contribution is -2.31. The number of benzene rings is 2. The van der Waals surface area contributed by atoms with Crippen LogP contribution in [0.15, 0.2) is 59.8 Å². The van der Waals surface area contributed by atoms with Gasteiger partial charge < -0.3 is 0 Å². The Morgan fingerprint density at radius 2 is 1.81 bits per heavy atom. The summed E-state index contributed by atoms with van der Waals surface area (Å²) in [4.78, 5) is 26.3. The minimum absolute atomic E-state index is 0.0810. The summed E-state index contributed by atoms with van der Waals surface area (Å²) in [5.41, 5.74) is 1.25. The van der Waals surface area contributed by atoms with E-state index in [0.29, 0.717) is 15.9 Å². The molecule has 2 heterocycles. The van der Waals surface area contributed by atoms with Crippen molar-refractivity contribution in [3.8, 4) is 5.69 Å². The molecule has 4 rings (SSSR count). The summed E-state index contributed by atoms with van der Waals surface area (Å²) in [6.45, 7) is 0. The number of rotatable bonds is 4. The molecule has 0 N–H and O–H groups in total. The molecular formula is C17H12ClN5O2S. The maximum absolute atomic E-state index is 12.8. The summed E-state index contributed by atoms with van der Waals surface area (Å²) in [5, 5.41) is 12.0. The first-order valence-corrected chi connectivity index (χ1v) is 9.02. The molecule has 3 aromatic rings. The number of nitrogens with zero attached hydrogens (tertiary/aromatic N) is 5. The number of imide groups is 1. The number of aromatic nitrogens is 4. The van der Waals surface area contributed by atoms with E-state index in [4.69, 9.17) is 11.6 Å². The quantitative estimate of drug-likeness (QED) is 0.642. The Hall–Kier alpha value is -2.71. The number of halogens is 1. The lowest BCUT2D eigenvalue weighted by molar-refractivity contribution is -0.121. The zero-order valence-electron chi connectivity index (χ0n) is 13.3. The zero-order valence-corrected chi connectivity index (χ0v) is 14.9. The number of hydrogen-bond donors (Lipinski definition) is 0. The van der Waals surface area contributed by atoms with Crippen LogP contribution < -0.4 is 4.90 Å². The fraction of sp³-hybridized carbons (Fsp3) is 0.118. The van der Waals surface area contributed by atoms with E-state index in [1.54, 1.807) is 28.9 Å². The Morgan fingerprint density at radius 1 is 1.04 bits per heavy atom. The molecule has 1 aliphatic rings. The van der Waals surface area contributed by atoms with Gasteiger partial charge in [0.25, 0.3) is 0 Å². The SMILES string of the molecule is O=C1C[C@H](Sc2nnnn2-c2ccccc2)C(=O)N1c1cccc(Cl)c1. The molecule has 26 heavy (non-hydrogen) atoms. The predicted molar refractivity (Wildman–Crippen MR) is 97.4 cm³/mol. The number of amides is 2. The first-order valence-electron chi connectivity index (χ1n) is 7.76. The summed E-state index contributed by atoms with van der Waals surface area (Å²) < 4.78 is 1.55. The monoisotopic (exact) mass is 385 g/mol. The molecule has 0 radical (unpaired) electrons. The Balaban J connectivity index is 1.59. The number of tetrazole rings is 1. The smallest absolute Gasteiger partial charge is 0.247 e. The second kappa shape index (κ2) is 6.89. The molecule has 1 saturated heterocycles. The van der Waals surface area contributed by atoms with Crippen LogP contribution in [0.25, 0.3) is 5.69 Å². The molecule has 1 aliphatic heterocycles. The number of carbonyl (C=O) groups is 2. The van der Waals surface area contributed by atoms with Crippen LogP contribution in [0.1, 0.15) is 6.42 Å². The lowest BCUT2D eigenvalue weighted by Gasteiger charge is -2.15. The first kappa shape index (κ1) is 16.7. The van der Waals surface area contributed by atoms with Gasteiger partial charge in [-0.25, -0.2) is 4.90 Å². The van der Waals surface area contributed by atoms with E-state index in [2.05, 4.69) is 15.5 Å². The summed E-state index contributed by atoms with van der Waals surface area (Å²) in [5.74, 6) is -0.571. The van der Waals surface area contributed by atoms with Crippen molar-refractivity contribution in [3.05, 3.63) is 59.6 Å². The Morgan fingerprint density at radius 3 is 2.58 bits per heavy atom. The highest BCUT2D eigenvalue weighted by Crippen LogP contribution is 2.34. The molecule has 0 saturated carbocycles. The zero-order chi connectivity index (χ0) is 18.1. The molecule has 1 fully saturated rings. The Labute approximate surface area is 157 Å². The topological polar surface area (TPSA) is 81.0 Å². The maximum Gasteiger partial charge on any atom is 0.247 e. The van der Waals surface area contributed by atoms with E-state index in [0.717, 1.165) is 5.69 Å². The third-order valence-corrected chi connectivity index (χ3v) is 5.21.